The number of aromatic nitrogens is 2. The minimum Gasteiger partial charge on any atom is -0.480 e. The van der Waals surface area contributed by atoms with Crippen molar-refractivity contribution in [2.45, 2.75) is 20.8 Å². The number of nitrogens with zero attached hydrogens (tertiary/aromatic N) is 2. The number of nitrogens with one attached hydrogen (secondary N) is 1. The summed E-state index contributed by atoms with van der Waals surface area (Å²) in [7, 11) is 0. The highest BCUT2D eigenvalue weighted by atomic mass is 16.4. The summed E-state index contributed by atoms with van der Waals surface area (Å²) < 4.78 is 0. The molecule has 0 bridgehead atoms. The van der Waals surface area contributed by atoms with Gasteiger partial charge in [0.05, 0.1) is 11.3 Å². The molecule has 1 aromatic carbocycles. The van der Waals surface area contributed by atoms with E-state index in [1.165, 1.54) is 4.90 Å². The summed E-state index contributed by atoms with van der Waals surface area (Å²) >= 11 is 0. The molecule has 1 amide bonds. The highest BCUT2D eigenvalue weighted by Gasteiger charge is 2.24. The SMILES string of the molecule is Cc1ccc(N(CC(=O)O)C(=O)c2c(C)n[nH]c2C)cc1. The van der Waals surface area contributed by atoms with Gasteiger partial charge in [-0.3, -0.25) is 19.6 Å². The molecule has 0 atom stereocenters. The molecular weight excluding hydrogens is 270 g/mol. The van der Waals surface area contributed by atoms with Gasteiger partial charge < -0.3 is 5.11 Å². The highest BCUT2D eigenvalue weighted by Crippen LogP contribution is 2.20. The summed E-state index contributed by atoms with van der Waals surface area (Å²) in [4.78, 5) is 25.0. The molecule has 0 aliphatic rings. The second kappa shape index (κ2) is 5.78. The maximum Gasteiger partial charge on any atom is 0.323 e. The van der Waals surface area contributed by atoms with Crippen molar-refractivity contribution in [3.8, 4) is 0 Å². The Morgan fingerprint density at radius 1 is 1.19 bits per heavy atom. The van der Waals surface area contributed by atoms with E-state index < -0.39 is 12.5 Å². The van der Waals surface area contributed by atoms with E-state index in [9.17, 15) is 9.59 Å². The minimum absolute atomic E-state index is 0.370. The quantitative estimate of drug-likeness (QED) is 0.901. The molecule has 2 N–H and O–H groups in total. The maximum absolute atomic E-state index is 12.7. The van der Waals surface area contributed by atoms with Crippen molar-refractivity contribution < 1.29 is 14.7 Å². The van der Waals surface area contributed by atoms with Gasteiger partial charge in [0.15, 0.2) is 0 Å². The van der Waals surface area contributed by atoms with E-state index in [2.05, 4.69) is 10.2 Å². The molecule has 0 spiro atoms. The Morgan fingerprint density at radius 2 is 1.81 bits per heavy atom. The third-order valence-electron chi connectivity index (χ3n) is 3.23. The van der Waals surface area contributed by atoms with Gasteiger partial charge in [0.1, 0.15) is 6.54 Å². The number of aromatic amines is 1. The zero-order chi connectivity index (χ0) is 15.6. The molecule has 21 heavy (non-hydrogen) atoms. The van der Waals surface area contributed by atoms with Crippen molar-refractivity contribution in [3.05, 3.63) is 46.8 Å². The Morgan fingerprint density at radius 3 is 2.29 bits per heavy atom. The summed E-state index contributed by atoms with van der Waals surface area (Å²) in [6.45, 7) is 4.98. The third kappa shape index (κ3) is 3.10. The predicted molar refractivity (Wildman–Crippen MR) is 78.6 cm³/mol. The topological polar surface area (TPSA) is 86.3 Å². The molecule has 2 rings (SSSR count). The van der Waals surface area contributed by atoms with Crippen molar-refractivity contribution in [3.63, 3.8) is 0 Å². The van der Waals surface area contributed by atoms with E-state index in [0.29, 0.717) is 22.6 Å². The van der Waals surface area contributed by atoms with Crippen molar-refractivity contribution in [2.75, 3.05) is 11.4 Å². The lowest BCUT2D eigenvalue weighted by molar-refractivity contribution is -0.135. The second-order valence-electron chi connectivity index (χ2n) is 4.93. The lowest BCUT2D eigenvalue weighted by atomic mass is 10.1. The number of carbonyl (C=O) groups excluding carboxylic acids is 1. The van der Waals surface area contributed by atoms with Crippen molar-refractivity contribution in [2.24, 2.45) is 0 Å². The number of hydrogen-bond acceptors (Lipinski definition) is 3. The van der Waals surface area contributed by atoms with Gasteiger partial charge in [0, 0.05) is 11.4 Å². The average molecular weight is 287 g/mol. The molecule has 0 aliphatic heterocycles. The van der Waals surface area contributed by atoms with E-state index in [-0.39, 0.29) is 5.91 Å². The van der Waals surface area contributed by atoms with Crippen LogP contribution in [0.3, 0.4) is 0 Å². The molecule has 6 heteroatoms. The van der Waals surface area contributed by atoms with Crippen LogP contribution in [0.4, 0.5) is 5.69 Å². The summed E-state index contributed by atoms with van der Waals surface area (Å²) in [5.41, 5.74) is 3.18. The molecule has 0 radical (unpaired) electrons. The standard InChI is InChI=1S/C15H17N3O3/c1-9-4-6-12(7-5-9)18(8-13(19)20)15(21)14-10(2)16-17-11(14)3/h4-7H,8H2,1-3H3,(H,16,17)(H,19,20). The fourth-order valence-electron chi connectivity index (χ4n) is 2.14. The largest absolute Gasteiger partial charge is 0.480 e. The Labute approximate surface area is 122 Å². The van der Waals surface area contributed by atoms with E-state index >= 15 is 0 Å². The number of aliphatic carboxylic acids is 1. The predicted octanol–water partition coefficient (Wildman–Crippen LogP) is 2.07. The number of carboxylic acids is 1. The Balaban J connectivity index is 2.43. The van der Waals surface area contributed by atoms with E-state index in [0.717, 1.165) is 5.56 Å². The third-order valence-corrected chi connectivity index (χ3v) is 3.23. The molecule has 2 aromatic rings. The molecule has 0 unspecified atom stereocenters. The number of benzene rings is 1. The van der Waals surface area contributed by atoms with Gasteiger partial charge >= 0.3 is 5.97 Å². The van der Waals surface area contributed by atoms with Crippen LogP contribution in [0.15, 0.2) is 24.3 Å². The molecule has 0 saturated carbocycles. The first-order chi connectivity index (χ1) is 9.90. The molecule has 0 saturated heterocycles. The number of carboxylic acid groups (broad SMARTS) is 1. The smallest absolute Gasteiger partial charge is 0.323 e. The molecule has 1 heterocycles. The Bertz CT molecular complexity index is 654. The van der Waals surface area contributed by atoms with E-state index in [1.54, 1.807) is 26.0 Å². The number of hydrogen-bond donors (Lipinski definition) is 2. The van der Waals surface area contributed by atoms with Crippen LogP contribution in [-0.4, -0.2) is 33.7 Å². The minimum atomic E-state index is -1.07. The number of H-pyrrole nitrogens is 1. The number of amides is 1. The van der Waals surface area contributed by atoms with Crippen LogP contribution in [0, 0.1) is 20.8 Å². The van der Waals surface area contributed by atoms with E-state index in [4.69, 9.17) is 5.11 Å². The first kappa shape index (κ1) is 14.8. The van der Waals surface area contributed by atoms with Crippen molar-refractivity contribution >= 4 is 17.6 Å². The zero-order valence-corrected chi connectivity index (χ0v) is 12.2. The molecule has 0 fully saturated rings. The van der Waals surface area contributed by atoms with Gasteiger partial charge in [0.25, 0.3) is 5.91 Å². The number of carbonyl (C=O) groups is 2. The Hall–Kier alpha value is -2.63. The first-order valence-corrected chi connectivity index (χ1v) is 6.52. The fraction of sp³-hybridized carbons (Fsp3) is 0.267. The number of anilines is 1. The zero-order valence-electron chi connectivity index (χ0n) is 12.2. The maximum atomic E-state index is 12.7. The van der Waals surface area contributed by atoms with Crippen molar-refractivity contribution in [1.29, 1.82) is 0 Å². The number of rotatable bonds is 4. The van der Waals surface area contributed by atoms with Crippen LogP contribution in [0.2, 0.25) is 0 Å². The van der Waals surface area contributed by atoms with Crippen LogP contribution < -0.4 is 4.90 Å². The van der Waals surface area contributed by atoms with Crippen LogP contribution in [0.5, 0.6) is 0 Å². The second-order valence-corrected chi connectivity index (χ2v) is 4.93. The van der Waals surface area contributed by atoms with Gasteiger partial charge in [-0.15, -0.1) is 0 Å². The van der Waals surface area contributed by atoms with Crippen LogP contribution >= 0.6 is 0 Å². The number of aryl methyl sites for hydroxylation is 3. The monoisotopic (exact) mass is 287 g/mol. The molecule has 0 aliphatic carbocycles. The summed E-state index contributed by atoms with van der Waals surface area (Å²) in [5.74, 6) is -1.44. The fourth-order valence-corrected chi connectivity index (χ4v) is 2.14. The van der Waals surface area contributed by atoms with Gasteiger partial charge in [0.2, 0.25) is 0 Å². The molecule has 1 aromatic heterocycles. The molecule has 6 nitrogen and oxygen atoms in total. The van der Waals surface area contributed by atoms with Gasteiger partial charge in [-0.2, -0.15) is 5.10 Å². The van der Waals surface area contributed by atoms with Gasteiger partial charge in [-0.05, 0) is 32.9 Å². The van der Waals surface area contributed by atoms with E-state index in [1.807, 2.05) is 19.1 Å². The molecule has 110 valence electrons. The van der Waals surface area contributed by atoms with Gasteiger partial charge in [-0.25, -0.2) is 0 Å². The lowest BCUT2D eigenvalue weighted by Gasteiger charge is -2.21. The van der Waals surface area contributed by atoms with Crippen LogP contribution in [-0.2, 0) is 4.79 Å². The normalized spacial score (nSPS) is 10.4. The highest BCUT2D eigenvalue weighted by molar-refractivity contribution is 6.09. The lowest BCUT2D eigenvalue weighted by Crippen LogP contribution is -2.36. The summed E-state index contributed by atoms with van der Waals surface area (Å²) in [5, 5.41) is 15.8. The average Bonchev–Trinajstić information content (AvgIpc) is 2.76. The van der Waals surface area contributed by atoms with Gasteiger partial charge in [-0.1, -0.05) is 17.7 Å². The van der Waals surface area contributed by atoms with Crippen molar-refractivity contribution in [1.82, 2.24) is 10.2 Å². The Kier molecular flexibility index (Phi) is 4.07. The summed E-state index contributed by atoms with van der Waals surface area (Å²) in [6.07, 6.45) is 0. The van der Waals surface area contributed by atoms with Crippen LogP contribution in [0.1, 0.15) is 27.3 Å². The summed E-state index contributed by atoms with van der Waals surface area (Å²) in [6, 6.07) is 7.15. The molecular formula is C15H17N3O3. The first-order valence-electron chi connectivity index (χ1n) is 6.52. The van der Waals surface area contributed by atoms with Crippen LogP contribution in [0.25, 0.3) is 0 Å².